The first-order valence-electron chi connectivity index (χ1n) is 5.23. The first kappa shape index (κ1) is 10.1. The Labute approximate surface area is 90.6 Å². The number of nitrogens with one attached hydrogen (secondary N) is 1. The molecule has 1 aromatic carbocycles. The highest BCUT2D eigenvalue weighted by Gasteiger charge is 2.11. The van der Waals surface area contributed by atoms with Crippen LogP contribution in [-0.2, 0) is 13.0 Å². The van der Waals surface area contributed by atoms with Crippen LogP contribution in [0, 0.1) is 12.3 Å². The summed E-state index contributed by atoms with van der Waals surface area (Å²) < 4.78 is 5.45. The molecule has 1 atom stereocenters. The third kappa shape index (κ3) is 2.31. The molecule has 2 nitrogen and oxygen atoms in total. The van der Waals surface area contributed by atoms with E-state index in [1.54, 1.807) is 0 Å². The van der Waals surface area contributed by atoms with Gasteiger partial charge < -0.3 is 4.74 Å². The van der Waals surface area contributed by atoms with E-state index in [0.717, 1.165) is 25.3 Å². The summed E-state index contributed by atoms with van der Waals surface area (Å²) in [4.78, 5) is 0. The zero-order chi connectivity index (χ0) is 10.7. The highest BCUT2D eigenvalue weighted by Crippen LogP contribution is 2.25. The first-order chi connectivity index (χ1) is 7.29. The number of hydrogen-bond donors (Lipinski definition) is 1. The summed E-state index contributed by atoms with van der Waals surface area (Å²) in [5.41, 5.74) is 2.57. The quantitative estimate of drug-likeness (QED) is 0.752. The lowest BCUT2D eigenvalue weighted by Crippen LogP contribution is -2.23. The minimum Gasteiger partial charge on any atom is -0.493 e. The van der Waals surface area contributed by atoms with Gasteiger partial charge in [0, 0.05) is 13.0 Å². The van der Waals surface area contributed by atoms with Crippen LogP contribution in [0.25, 0.3) is 0 Å². The fraction of sp³-hybridized carbons (Fsp3) is 0.385. The van der Waals surface area contributed by atoms with Crippen LogP contribution in [0.3, 0.4) is 0 Å². The third-order valence-electron chi connectivity index (χ3n) is 2.62. The molecule has 1 heterocycles. The third-order valence-corrected chi connectivity index (χ3v) is 2.62. The van der Waals surface area contributed by atoms with Crippen LogP contribution in [-0.4, -0.2) is 12.6 Å². The van der Waals surface area contributed by atoms with Gasteiger partial charge in [0.15, 0.2) is 0 Å². The van der Waals surface area contributed by atoms with Crippen molar-refractivity contribution in [3.8, 4) is 18.1 Å². The fourth-order valence-electron chi connectivity index (χ4n) is 1.68. The minimum absolute atomic E-state index is 0.120. The Morgan fingerprint density at radius 2 is 2.47 bits per heavy atom. The number of rotatable bonds is 3. The maximum atomic E-state index is 5.45. The summed E-state index contributed by atoms with van der Waals surface area (Å²) in [5, 5.41) is 3.26. The van der Waals surface area contributed by atoms with Crippen LogP contribution in [0.5, 0.6) is 5.75 Å². The predicted molar refractivity (Wildman–Crippen MR) is 60.8 cm³/mol. The minimum atomic E-state index is 0.120. The molecule has 0 amide bonds. The van der Waals surface area contributed by atoms with E-state index in [4.69, 9.17) is 11.2 Å². The van der Waals surface area contributed by atoms with Crippen LogP contribution in [0.15, 0.2) is 18.2 Å². The van der Waals surface area contributed by atoms with Gasteiger partial charge in [-0.2, -0.15) is 0 Å². The van der Waals surface area contributed by atoms with Crippen molar-refractivity contribution >= 4 is 0 Å². The zero-order valence-electron chi connectivity index (χ0n) is 8.92. The van der Waals surface area contributed by atoms with Crippen molar-refractivity contribution in [2.24, 2.45) is 0 Å². The molecule has 1 N–H and O–H groups in total. The van der Waals surface area contributed by atoms with Crippen molar-refractivity contribution in [2.75, 3.05) is 6.61 Å². The molecule has 0 radical (unpaired) electrons. The van der Waals surface area contributed by atoms with E-state index in [1.807, 2.05) is 13.0 Å². The van der Waals surface area contributed by atoms with Crippen LogP contribution in [0.4, 0.5) is 0 Å². The highest BCUT2D eigenvalue weighted by molar-refractivity contribution is 5.39. The lowest BCUT2D eigenvalue weighted by Gasteiger charge is -2.08. The fourth-order valence-corrected chi connectivity index (χ4v) is 1.68. The molecule has 0 spiro atoms. The number of hydrogen-bond acceptors (Lipinski definition) is 2. The molecule has 1 unspecified atom stereocenters. The van der Waals surface area contributed by atoms with Gasteiger partial charge in [0.1, 0.15) is 5.75 Å². The largest absolute Gasteiger partial charge is 0.493 e. The van der Waals surface area contributed by atoms with Gasteiger partial charge in [0.25, 0.3) is 0 Å². The van der Waals surface area contributed by atoms with Crippen LogP contribution < -0.4 is 10.1 Å². The first-order valence-corrected chi connectivity index (χ1v) is 5.23. The second-order valence-corrected chi connectivity index (χ2v) is 3.81. The Hall–Kier alpha value is -1.46. The average Bonchev–Trinajstić information content (AvgIpc) is 2.72. The standard InChI is InChI=1S/C13H15NO/c1-3-10(2)14-9-11-4-5-13-12(8-11)6-7-15-13/h1,4-5,8,10,14H,6-7,9H2,2H3. The van der Waals surface area contributed by atoms with E-state index in [0.29, 0.717) is 0 Å². The predicted octanol–water partition coefficient (Wildman–Crippen LogP) is 1.73. The molecule has 78 valence electrons. The molecule has 2 heteroatoms. The van der Waals surface area contributed by atoms with Crippen molar-refractivity contribution in [3.05, 3.63) is 29.3 Å². The molecule has 0 fully saturated rings. The molecule has 0 aromatic heterocycles. The Balaban J connectivity index is 2.01. The van der Waals surface area contributed by atoms with Gasteiger partial charge >= 0.3 is 0 Å². The van der Waals surface area contributed by atoms with Crippen molar-refractivity contribution in [2.45, 2.75) is 25.9 Å². The lowest BCUT2D eigenvalue weighted by atomic mass is 10.1. The van der Waals surface area contributed by atoms with Crippen molar-refractivity contribution < 1.29 is 4.74 Å². The molecule has 1 aliphatic heterocycles. The molecule has 0 bridgehead atoms. The number of ether oxygens (including phenoxy) is 1. The van der Waals surface area contributed by atoms with Crippen molar-refractivity contribution in [3.63, 3.8) is 0 Å². The van der Waals surface area contributed by atoms with E-state index >= 15 is 0 Å². The monoisotopic (exact) mass is 201 g/mol. The summed E-state index contributed by atoms with van der Waals surface area (Å²) in [6.07, 6.45) is 6.32. The highest BCUT2D eigenvalue weighted by atomic mass is 16.5. The summed E-state index contributed by atoms with van der Waals surface area (Å²) in [6, 6.07) is 6.44. The summed E-state index contributed by atoms with van der Waals surface area (Å²) in [6.45, 7) is 3.61. The van der Waals surface area contributed by atoms with Crippen molar-refractivity contribution in [1.82, 2.24) is 5.32 Å². The maximum absolute atomic E-state index is 5.45. The smallest absolute Gasteiger partial charge is 0.122 e. The molecular formula is C13H15NO. The Morgan fingerprint density at radius 3 is 3.27 bits per heavy atom. The van der Waals surface area contributed by atoms with Crippen LogP contribution in [0.2, 0.25) is 0 Å². The molecule has 1 aliphatic rings. The van der Waals surface area contributed by atoms with Crippen molar-refractivity contribution in [1.29, 1.82) is 0 Å². The van der Waals surface area contributed by atoms with E-state index in [-0.39, 0.29) is 6.04 Å². The maximum Gasteiger partial charge on any atom is 0.122 e. The molecule has 1 aromatic rings. The van der Waals surface area contributed by atoms with E-state index < -0.39 is 0 Å². The van der Waals surface area contributed by atoms with Gasteiger partial charge in [-0.3, -0.25) is 5.32 Å². The van der Waals surface area contributed by atoms with E-state index in [1.165, 1.54) is 11.1 Å². The van der Waals surface area contributed by atoms with Crippen LogP contribution in [0.1, 0.15) is 18.1 Å². The molecular weight excluding hydrogens is 186 g/mol. The molecule has 0 aliphatic carbocycles. The van der Waals surface area contributed by atoms with E-state index in [2.05, 4.69) is 23.4 Å². The number of fused-ring (bicyclic) bond motifs is 1. The van der Waals surface area contributed by atoms with Crippen LogP contribution >= 0.6 is 0 Å². The summed E-state index contributed by atoms with van der Waals surface area (Å²) >= 11 is 0. The van der Waals surface area contributed by atoms with Gasteiger partial charge in [-0.1, -0.05) is 18.1 Å². The summed E-state index contributed by atoms with van der Waals surface area (Å²) in [5.74, 6) is 3.68. The second-order valence-electron chi connectivity index (χ2n) is 3.81. The van der Waals surface area contributed by atoms with Gasteiger partial charge in [0.2, 0.25) is 0 Å². The van der Waals surface area contributed by atoms with Gasteiger partial charge in [-0.15, -0.1) is 6.42 Å². The van der Waals surface area contributed by atoms with Gasteiger partial charge in [-0.25, -0.2) is 0 Å². The number of benzene rings is 1. The Morgan fingerprint density at radius 1 is 1.60 bits per heavy atom. The number of terminal acetylenes is 1. The second kappa shape index (κ2) is 4.37. The SMILES string of the molecule is C#CC(C)NCc1ccc2c(c1)CCO2. The summed E-state index contributed by atoms with van der Waals surface area (Å²) in [7, 11) is 0. The lowest BCUT2D eigenvalue weighted by molar-refractivity contribution is 0.357. The Kier molecular flexibility index (Phi) is 2.94. The molecule has 15 heavy (non-hydrogen) atoms. The molecule has 2 rings (SSSR count). The molecule has 0 saturated heterocycles. The van der Waals surface area contributed by atoms with Gasteiger partial charge in [0.05, 0.1) is 12.6 Å². The molecule has 0 saturated carbocycles. The zero-order valence-corrected chi connectivity index (χ0v) is 8.92. The normalized spacial score (nSPS) is 15.2. The Bertz CT molecular complexity index is 392. The topological polar surface area (TPSA) is 21.3 Å². The van der Waals surface area contributed by atoms with E-state index in [9.17, 15) is 0 Å². The average molecular weight is 201 g/mol. The van der Waals surface area contributed by atoms with Gasteiger partial charge in [-0.05, 0) is 24.1 Å².